The molecule has 0 radical (unpaired) electrons. The lowest BCUT2D eigenvalue weighted by Gasteiger charge is -2.13. The first kappa shape index (κ1) is 17.6. The van der Waals surface area contributed by atoms with Crippen LogP contribution in [0.3, 0.4) is 0 Å². The maximum absolute atomic E-state index is 14.1. The molecular weight excluding hydrogens is 305 g/mol. The van der Waals surface area contributed by atoms with E-state index in [1.54, 1.807) is 13.2 Å². The van der Waals surface area contributed by atoms with E-state index in [1.165, 1.54) is 12.8 Å². The number of rotatable bonds is 9. The Morgan fingerprint density at radius 2 is 2.23 bits per heavy atom. The predicted octanol–water partition coefficient (Wildman–Crippen LogP) is 2.06. The van der Waals surface area contributed by atoms with Crippen molar-refractivity contribution in [2.75, 3.05) is 33.4 Å². The van der Waals surface area contributed by atoms with Crippen molar-refractivity contribution >= 4 is 11.6 Å². The van der Waals surface area contributed by atoms with Gasteiger partial charge in [0, 0.05) is 44.9 Å². The van der Waals surface area contributed by atoms with Gasteiger partial charge in [-0.3, -0.25) is 0 Å². The van der Waals surface area contributed by atoms with Crippen LogP contribution >= 0.6 is 11.6 Å². The Morgan fingerprint density at radius 1 is 1.36 bits per heavy atom. The van der Waals surface area contributed by atoms with Gasteiger partial charge in [0.05, 0.1) is 11.6 Å². The van der Waals surface area contributed by atoms with E-state index in [-0.39, 0.29) is 10.8 Å². The maximum atomic E-state index is 14.1. The molecule has 3 N–H and O–H groups in total. The highest BCUT2D eigenvalue weighted by atomic mass is 35.5. The van der Waals surface area contributed by atoms with Crippen LogP contribution < -0.4 is 16.0 Å². The fourth-order valence-electron chi connectivity index (χ4n) is 2.66. The number of halogens is 2. The van der Waals surface area contributed by atoms with Crippen molar-refractivity contribution in [1.82, 2.24) is 16.0 Å². The molecule has 22 heavy (non-hydrogen) atoms. The lowest BCUT2D eigenvalue weighted by atomic mass is 10.1. The third-order valence-electron chi connectivity index (χ3n) is 3.84. The first-order valence-corrected chi connectivity index (χ1v) is 8.19. The van der Waals surface area contributed by atoms with E-state index in [4.69, 9.17) is 16.3 Å². The summed E-state index contributed by atoms with van der Waals surface area (Å²) in [6.07, 6.45) is 2.40. The van der Waals surface area contributed by atoms with Crippen LogP contribution in [0.2, 0.25) is 5.02 Å². The van der Waals surface area contributed by atoms with Crippen LogP contribution in [0.15, 0.2) is 12.1 Å². The Morgan fingerprint density at radius 3 is 2.95 bits per heavy atom. The fourth-order valence-corrected chi connectivity index (χ4v) is 2.92. The van der Waals surface area contributed by atoms with Gasteiger partial charge in [0.15, 0.2) is 0 Å². The highest BCUT2D eigenvalue weighted by Gasteiger charge is 2.14. The van der Waals surface area contributed by atoms with E-state index in [1.807, 2.05) is 6.07 Å². The van der Waals surface area contributed by atoms with Crippen LogP contribution in [0.4, 0.5) is 4.39 Å². The molecule has 1 fully saturated rings. The molecule has 1 aromatic rings. The molecular formula is C16H25ClFN3O. The van der Waals surface area contributed by atoms with Crippen molar-refractivity contribution < 1.29 is 9.13 Å². The molecule has 0 aromatic heterocycles. The molecule has 1 aliphatic rings. The van der Waals surface area contributed by atoms with Crippen LogP contribution in [0.5, 0.6) is 0 Å². The zero-order valence-corrected chi connectivity index (χ0v) is 13.8. The summed E-state index contributed by atoms with van der Waals surface area (Å²) in [6, 6.07) is 4.05. The zero-order chi connectivity index (χ0) is 15.8. The largest absolute Gasteiger partial charge is 0.383 e. The fraction of sp³-hybridized carbons (Fsp3) is 0.625. The third kappa shape index (κ3) is 5.48. The Labute approximate surface area is 136 Å². The zero-order valence-electron chi connectivity index (χ0n) is 13.1. The van der Waals surface area contributed by atoms with Crippen molar-refractivity contribution in [3.63, 3.8) is 0 Å². The van der Waals surface area contributed by atoms with Gasteiger partial charge in [-0.25, -0.2) is 4.39 Å². The van der Waals surface area contributed by atoms with Crippen molar-refractivity contribution in [2.24, 2.45) is 0 Å². The first-order valence-electron chi connectivity index (χ1n) is 7.81. The monoisotopic (exact) mass is 329 g/mol. The van der Waals surface area contributed by atoms with E-state index in [0.717, 1.165) is 25.2 Å². The van der Waals surface area contributed by atoms with Crippen molar-refractivity contribution in [3.05, 3.63) is 34.1 Å². The van der Waals surface area contributed by atoms with Gasteiger partial charge in [-0.2, -0.15) is 0 Å². The second-order valence-electron chi connectivity index (χ2n) is 5.64. The molecule has 0 spiro atoms. The van der Waals surface area contributed by atoms with Gasteiger partial charge in [0.1, 0.15) is 5.82 Å². The number of ether oxygens (including phenoxy) is 1. The van der Waals surface area contributed by atoms with Crippen LogP contribution in [-0.4, -0.2) is 39.4 Å². The number of benzene rings is 1. The second-order valence-corrected chi connectivity index (χ2v) is 6.05. The topological polar surface area (TPSA) is 45.3 Å². The number of nitrogens with one attached hydrogen (secondary N) is 3. The van der Waals surface area contributed by atoms with Crippen LogP contribution in [0.25, 0.3) is 0 Å². The predicted molar refractivity (Wildman–Crippen MR) is 87.7 cm³/mol. The highest BCUT2D eigenvalue weighted by Crippen LogP contribution is 2.21. The standard InChI is InChI=1S/C16H25ClFN3O/c1-22-6-5-19-9-12-7-13(16(18)15(17)8-12)10-20-11-14-3-2-4-21-14/h7-8,14,19-21H,2-6,9-11H2,1H3. The van der Waals surface area contributed by atoms with Crippen LogP contribution in [-0.2, 0) is 17.8 Å². The molecule has 6 heteroatoms. The lowest BCUT2D eigenvalue weighted by Crippen LogP contribution is -2.33. The molecule has 1 saturated heterocycles. The molecule has 1 unspecified atom stereocenters. The molecule has 4 nitrogen and oxygen atoms in total. The van der Waals surface area contributed by atoms with Crippen molar-refractivity contribution in [1.29, 1.82) is 0 Å². The molecule has 2 rings (SSSR count). The van der Waals surface area contributed by atoms with Gasteiger partial charge in [0.25, 0.3) is 0 Å². The van der Waals surface area contributed by atoms with E-state index in [9.17, 15) is 4.39 Å². The second kappa shape index (κ2) is 9.43. The van der Waals surface area contributed by atoms with Crippen LogP contribution in [0.1, 0.15) is 24.0 Å². The normalized spacial score (nSPS) is 18.0. The summed E-state index contributed by atoms with van der Waals surface area (Å²) in [5.41, 5.74) is 1.60. The van der Waals surface area contributed by atoms with E-state index in [2.05, 4.69) is 16.0 Å². The average Bonchev–Trinajstić information content (AvgIpc) is 3.01. The molecule has 1 atom stereocenters. The number of methoxy groups -OCH3 is 1. The average molecular weight is 330 g/mol. The number of hydrogen-bond acceptors (Lipinski definition) is 4. The summed E-state index contributed by atoms with van der Waals surface area (Å²) in [5.74, 6) is -0.325. The molecule has 0 aliphatic carbocycles. The van der Waals surface area contributed by atoms with E-state index < -0.39 is 0 Å². The summed E-state index contributed by atoms with van der Waals surface area (Å²) < 4.78 is 19.1. The molecule has 0 saturated carbocycles. The molecule has 1 aromatic carbocycles. The summed E-state index contributed by atoms with van der Waals surface area (Å²) in [5, 5.41) is 10.2. The summed E-state index contributed by atoms with van der Waals surface area (Å²) >= 11 is 6.00. The van der Waals surface area contributed by atoms with E-state index in [0.29, 0.717) is 31.3 Å². The minimum absolute atomic E-state index is 0.182. The quantitative estimate of drug-likeness (QED) is 0.607. The lowest BCUT2D eigenvalue weighted by molar-refractivity contribution is 0.199. The summed E-state index contributed by atoms with van der Waals surface area (Å²) in [6.45, 7) is 4.49. The minimum Gasteiger partial charge on any atom is -0.383 e. The smallest absolute Gasteiger partial charge is 0.146 e. The van der Waals surface area contributed by atoms with Gasteiger partial charge in [-0.05, 0) is 31.0 Å². The maximum Gasteiger partial charge on any atom is 0.146 e. The molecule has 0 bridgehead atoms. The Kier molecular flexibility index (Phi) is 7.55. The van der Waals surface area contributed by atoms with Gasteiger partial charge in [-0.1, -0.05) is 17.7 Å². The van der Waals surface area contributed by atoms with Gasteiger partial charge in [0.2, 0.25) is 0 Å². The molecule has 1 heterocycles. The van der Waals surface area contributed by atoms with Crippen molar-refractivity contribution in [3.8, 4) is 0 Å². The SMILES string of the molecule is COCCNCc1cc(Cl)c(F)c(CNCC2CCCN2)c1. The Bertz CT molecular complexity index is 467. The van der Waals surface area contributed by atoms with Crippen LogP contribution in [0, 0.1) is 5.82 Å². The Hall–Kier alpha value is -0.720. The highest BCUT2D eigenvalue weighted by molar-refractivity contribution is 6.30. The number of hydrogen-bond donors (Lipinski definition) is 3. The van der Waals surface area contributed by atoms with Gasteiger partial charge in [-0.15, -0.1) is 0 Å². The summed E-state index contributed by atoms with van der Waals surface area (Å²) in [7, 11) is 1.67. The van der Waals surface area contributed by atoms with Gasteiger partial charge >= 0.3 is 0 Å². The summed E-state index contributed by atoms with van der Waals surface area (Å²) in [4.78, 5) is 0. The first-order chi connectivity index (χ1) is 10.7. The van der Waals surface area contributed by atoms with Gasteiger partial charge < -0.3 is 20.7 Å². The third-order valence-corrected chi connectivity index (χ3v) is 4.12. The van der Waals surface area contributed by atoms with E-state index >= 15 is 0 Å². The molecule has 1 aliphatic heterocycles. The minimum atomic E-state index is -0.325. The Balaban J connectivity index is 1.86. The molecule has 124 valence electrons. The van der Waals surface area contributed by atoms with Crippen molar-refractivity contribution in [2.45, 2.75) is 32.0 Å². The molecule has 0 amide bonds.